The Labute approximate surface area is 172 Å². The molecular formula is C22H34O5S. The van der Waals surface area contributed by atoms with Crippen LogP contribution in [0.15, 0.2) is 29.2 Å². The number of carboxylic acids is 2. The highest BCUT2D eigenvalue weighted by atomic mass is 32.2. The molecule has 158 valence electrons. The van der Waals surface area contributed by atoms with E-state index in [0.29, 0.717) is 18.8 Å². The minimum absolute atomic E-state index is 0.154. The monoisotopic (exact) mass is 410 g/mol. The number of para-hydroxylation sites is 1. The van der Waals surface area contributed by atoms with Gasteiger partial charge in [0, 0.05) is 17.1 Å². The Hall–Kier alpha value is -1.69. The number of aliphatic carboxylic acids is 2. The van der Waals surface area contributed by atoms with Gasteiger partial charge in [0.1, 0.15) is 5.75 Å². The van der Waals surface area contributed by atoms with Gasteiger partial charge in [0.25, 0.3) is 0 Å². The number of benzene rings is 1. The van der Waals surface area contributed by atoms with Crippen molar-refractivity contribution in [2.75, 3.05) is 12.4 Å². The van der Waals surface area contributed by atoms with Crippen LogP contribution in [0.25, 0.3) is 0 Å². The van der Waals surface area contributed by atoms with Crippen molar-refractivity contribution in [3.05, 3.63) is 24.3 Å². The summed E-state index contributed by atoms with van der Waals surface area (Å²) in [6.45, 7) is 0.695. The van der Waals surface area contributed by atoms with E-state index in [2.05, 4.69) is 0 Å². The van der Waals surface area contributed by atoms with Crippen LogP contribution < -0.4 is 4.74 Å². The van der Waals surface area contributed by atoms with Gasteiger partial charge in [-0.15, -0.1) is 11.8 Å². The predicted molar refractivity (Wildman–Crippen MR) is 113 cm³/mol. The average molecular weight is 411 g/mol. The van der Waals surface area contributed by atoms with Gasteiger partial charge in [-0.1, -0.05) is 63.5 Å². The lowest BCUT2D eigenvalue weighted by Crippen LogP contribution is -1.99. The molecule has 1 aromatic rings. The van der Waals surface area contributed by atoms with Gasteiger partial charge in [-0.25, -0.2) is 0 Å². The van der Waals surface area contributed by atoms with Gasteiger partial charge in [0.15, 0.2) is 0 Å². The van der Waals surface area contributed by atoms with Crippen LogP contribution in [-0.2, 0) is 9.59 Å². The zero-order valence-electron chi connectivity index (χ0n) is 16.7. The number of thioether (sulfide) groups is 1. The first-order chi connectivity index (χ1) is 13.6. The Morgan fingerprint density at radius 1 is 0.750 bits per heavy atom. The Balaban J connectivity index is 1.99. The van der Waals surface area contributed by atoms with Crippen molar-refractivity contribution in [1.29, 1.82) is 0 Å². The standard InChI is InChI=1S/C22H34O5S/c23-21(24)15-9-7-5-3-1-2-4-6-8-12-17-27-19-13-10-11-14-20(19)28-18-16-22(25)26/h10-11,13-14H,1-9,12,15-18H2,(H,23,24)(H,25,26). The van der Waals surface area contributed by atoms with E-state index >= 15 is 0 Å². The Kier molecular flexibility index (Phi) is 14.2. The summed E-state index contributed by atoms with van der Waals surface area (Å²) in [5, 5.41) is 17.3. The Morgan fingerprint density at radius 2 is 1.29 bits per heavy atom. The van der Waals surface area contributed by atoms with Crippen molar-refractivity contribution in [2.45, 2.75) is 81.9 Å². The van der Waals surface area contributed by atoms with Gasteiger partial charge in [-0.3, -0.25) is 9.59 Å². The summed E-state index contributed by atoms with van der Waals surface area (Å²) in [5.74, 6) is -0.0655. The molecule has 2 N–H and O–H groups in total. The van der Waals surface area contributed by atoms with Crippen molar-refractivity contribution in [3.63, 3.8) is 0 Å². The van der Waals surface area contributed by atoms with Crippen LogP contribution >= 0.6 is 11.8 Å². The third-order valence-corrected chi connectivity index (χ3v) is 5.52. The molecule has 5 nitrogen and oxygen atoms in total. The fourth-order valence-electron chi connectivity index (χ4n) is 2.91. The SMILES string of the molecule is O=C(O)CCCCCCCCCCCCOc1ccccc1SCCC(=O)O. The molecule has 0 radical (unpaired) electrons. The third-order valence-electron chi connectivity index (χ3n) is 4.47. The van der Waals surface area contributed by atoms with Crippen molar-refractivity contribution < 1.29 is 24.5 Å². The fraction of sp³-hybridized carbons (Fsp3) is 0.636. The minimum atomic E-state index is -0.774. The van der Waals surface area contributed by atoms with Crippen LogP contribution in [0, 0.1) is 0 Å². The lowest BCUT2D eigenvalue weighted by Gasteiger charge is -2.10. The summed E-state index contributed by atoms with van der Waals surface area (Å²) in [7, 11) is 0. The summed E-state index contributed by atoms with van der Waals surface area (Å²) < 4.78 is 5.88. The van der Waals surface area contributed by atoms with Crippen LogP contribution in [0.4, 0.5) is 0 Å². The summed E-state index contributed by atoms with van der Waals surface area (Å²) in [6, 6.07) is 7.81. The number of carbonyl (C=O) groups is 2. The third kappa shape index (κ3) is 13.5. The zero-order valence-corrected chi connectivity index (χ0v) is 17.6. The summed E-state index contributed by atoms with van der Waals surface area (Å²) in [6.07, 6.45) is 11.8. The molecule has 0 saturated carbocycles. The van der Waals surface area contributed by atoms with Crippen molar-refractivity contribution in [1.82, 2.24) is 0 Å². The summed E-state index contributed by atoms with van der Waals surface area (Å²) in [4.78, 5) is 22.0. The van der Waals surface area contributed by atoms with E-state index < -0.39 is 11.9 Å². The van der Waals surface area contributed by atoms with Gasteiger partial charge in [-0.05, 0) is 25.0 Å². The molecule has 28 heavy (non-hydrogen) atoms. The highest BCUT2D eigenvalue weighted by Crippen LogP contribution is 2.29. The fourth-order valence-corrected chi connectivity index (χ4v) is 3.85. The normalized spacial score (nSPS) is 10.7. The second kappa shape index (κ2) is 16.3. The van der Waals surface area contributed by atoms with Crippen molar-refractivity contribution in [2.24, 2.45) is 0 Å². The van der Waals surface area contributed by atoms with Crippen LogP contribution in [0.5, 0.6) is 5.75 Å². The minimum Gasteiger partial charge on any atom is -0.492 e. The second-order valence-corrected chi connectivity index (χ2v) is 8.10. The van der Waals surface area contributed by atoms with Crippen LogP contribution in [-0.4, -0.2) is 34.5 Å². The quantitative estimate of drug-likeness (QED) is 0.228. The maximum atomic E-state index is 10.6. The van der Waals surface area contributed by atoms with Gasteiger partial charge in [0.05, 0.1) is 13.0 Å². The summed E-state index contributed by atoms with van der Waals surface area (Å²) >= 11 is 1.53. The van der Waals surface area contributed by atoms with E-state index in [1.807, 2.05) is 24.3 Å². The van der Waals surface area contributed by atoms with Gasteiger partial charge >= 0.3 is 11.9 Å². The molecule has 0 aliphatic heterocycles. The number of hydrogen-bond acceptors (Lipinski definition) is 4. The lowest BCUT2D eigenvalue weighted by molar-refractivity contribution is -0.137. The molecule has 0 aromatic heterocycles. The van der Waals surface area contributed by atoms with Gasteiger partial charge in [0.2, 0.25) is 0 Å². The molecule has 6 heteroatoms. The first-order valence-electron chi connectivity index (χ1n) is 10.4. The molecule has 0 aliphatic rings. The number of unbranched alkanes of at least 4 members (excludes halogenated alkanes) is 9. The first-order valence-corrected chi connectivity index (χ1v) is 11.4. The van der Waals surface area contributed by atoms with Gasteiger partial charge in [-0.2, -0.15) is 0 Å². The molecule has 0 amide bonds. The van der Waals surface area contributed by atoms with Crippen LogP contribution in [0.2, 0.25) is 0 Å². The Bertz CT molecular complexity index is 562. The maximum absolute atomic E-state index is 10.6. The highest BCUT2D eigenvalue weighted by molar-refractivity contribution is 7.99. The molecule has 0 fully saturated rings. The molecule has 0 spiro atoms. The lowest BCUT2D eigenvalue weighted by atomic mass is 10.1. The summed E-state index contributed by atoms with van der Waals surface area (Å²) in [5.41, 5.74) is 0. The smallest absolute Gasteiger partial charge is 0.304 e. The molecule has 1 rings (SSSR count). The van der Waals surface area contributed by atoms with E-state index in [1.165, 1.54) is 43.9 Å². The maximum Gasteiger partial charge on any atom is 0.304 e. The number of hydrogen-bond donors (Lipinski definition) is 2. The second-order valence-electron chi connectivity index (χ2n) is 6.97. The molecule has 0 bridgehead atoms. The van der Waals surface area contributed by atoms with E-state index in [-0.39, 0.29) is 6.42 Å². The molecule has 0 atom stereocenters. The van der Waals surface area contributed by atoms with Crippen LogP contribution in [0.3, 0.4) is 0 Å². The largest absolute Gasteiger partial charge is 0.492 e. The first kappa shape index (κ1) is 24.3. The van der Waals surface area contributed by atoms with Crippen LogP contribution in [0.1, 0.15) is 77.0 Å². The number of carboxylic acid groups (broad SMARTS) is 2. The van der Waals surface area contributed by atoms with Crippen molar-refractivity contribution in [3.8, 4) is 5.75 Å². The van der Waals surface area contributed by atoms with E-state index in [4.69, 9.17) is 14.9 Å². The number of rotatable bonds is 18. The molecular weight excluding hydrogens is 376 g/mol. The van der Waals surface area contributed by atoms with Gasteiger partial charge < -0.3 is 14.9 Å². The topological polar surface area (TPSA) is 83.8 Å². The van der Waals surface area contributed by atoms with E-state index in [0.717, 1.165) is 42.7 Å². The number of ether oxygens (including phenoxy) is 1. The molecule has 0 saturated heterocycles. The molecule has 1 aromatic carbocycles. The predicted octanol–water partition coefficient (Wildman–Crippen LogP) is 6.01. The van der Waals surface area contributed by atoms with E-state index in [9.17, 15) is 9.59 Å². The zero-order chi connectivity index (χ0) is 20.5. The highest BCUT2D eigenvalue weighted by Gasteiger charge is 2.05. The van der Waals surface area contributed by atoms with Crippen molar-refractivity contribution >= 4 is 23.7 Å². The average Bonchev–Trinajstić information content (AvgIpc) is 2.66. The molecule has 0 unspecified atom stereocenters. The van der Waals surface area contributed by atoms with E-state index in [1.54, 1.807) is 0 Å². The molecule has 0 heterocycles. The Morgan fingerprint density at radius 3 is 1.89 bits per heavy atom. The molecule has 0 aliphatic carbocycles.